The minimum Gasteiger partial charge on any atom is -0.390 e. The lowest BCUT2D eigenvalue weighted by Gasteiger charge is -2.39. The van der Waals surface area contributed by atoms with Crippen molar-refractivity contribution in [2.24, 2.45) is 17.8 Å². The van der Waals surface area contributed by atoms with Crippen LogP contribution in [0.2, 0.25) is 0 Å². The van der Waals surface area contributed by atoms with E-state index in [4.69, 9.17) is 4.52 Å². The first-order valence-corrected chi connectivity index (χ1v) is 9.35. The number of anilines is 1. The Morgan fingerprint density at radius 3 is 3.00 bits per heavy atom. The second kappa shape index (κ2) is 4.85. The molecule has 4 bridgehead atoms. The van der Waals surface area contributed by atoms with Gasteiger partial charge in [-0.1, -0.05) is 5.16 Å². The number of pyridine rings is 1. The van der Waals surface area contributed by atoms with E-state index < -0.39 is 5.60 Å². The molecule has 7 nitrogen and oxygen atoms in total. The van der Waals surface area contributed by atoms with Crippen molar-refractivity contribution in [1.82, 2.24) is 20.1 Å². The molecule has 4 saturated carbocycles. The third-order valence-electron chi connectivity index (χ3n) is 6.74. The Bertz CT molecular complexity index is 1010. The first kappa shape index (κ1) is 14.7. The van der Waals surface area contributed by atoms with Crippen molar-refractivity contribution in [2.45, 2.75) is 44.2 Å². The van der Waals surface area contributed by atoms with E-state index in [-0.39, 0.29) is 0 Å². The van der Waals surface area contributed by atoms with Crippen LogP contribution >= 0.6 is 0 Å². The Hall–Kier alpha value is -2.41. The fourth-order valence-corrected chi connectivity index (χ4v) is 5.88. The number of hydrogen-bond donors (Lipinski definition) is 3. The highest BCUT2D eigenvalue weighted by atomic mass is 16.5. The van der Waals surface area contributed by atoms with Crippen molar-refractivity contribution in [3.05, 3.63) is 24.3 Å². The quantitative estimate of drug-likeness (QED) is 0.671. The van der Waals surface area contributed by atoms with Crippen molar-refractivity contribution < 1.29 is 9.63 Å². The maximum atomic E-state index is 10.7. The van der Waals surface area contributed by atoms with Crippen LogP contribution in [0.25, 0.3) is 22.5 Å². The molecule has 134 valence electrons. The lowest BCUT2D eigenvalue weighted by atomic mass is 9.76. The Morgan fingerprint density at radius 1 is 1.31 bits per heavy atom. The number of aryl methyl sites for hydroxylation is 1. The minimum absolute atomic E-state index is 0.381. The first-order valence-electron chi connectivity index (χ1n) is 9.35. The third kappa shape index (κ3) is 1.95. The molecule has 3 N–H and O–H groups in total. The van der Waals surface area contributed by atoms with Crippen molar-refractivity contribution in [3.8, 4) is 11.5 Å². The third-order valence-corrected chi connectivity index (χ3v) is 6.74. The minimum atomic E-state index is -0.412. The smallest absolute Gasteiger partial charge is 0.261 e. The molecule has 3 heterocycles. The average molecular weight is 351 g/mol. The van der Waals surface area contributed by atoms with Crippen LogP contribution in [0.15, 0.2) is 23.0 Å². The first-order chi connectivity index (χ1) is 12.6. The summed E-state index contributed by atoms with van der Waals surface area (Å²) in [6.07, 6.45) is 7.72. The predicted octanol–water partition coefficient (Wildman–Crippen LogP) is 2.88. The van der Waals surface area contributed by atoms with Crippen LogP contribution in [0.5, 0.6) is 0 Å². The highest BCUT2D eigenvalue weighted by Gasteiger charge is 2.60. The molecule has 0 radical (unpaired) electrons. The molecule has 0 amide bonds. The SMILES string of the molecule is Cc1noc(-c2cnc3[nH]ccc3c2N[C@@H]2C3C[C@@]4(O)CC3C[C@@H]2C4)n1. The zero-order chi connectivity index (χ0) is 17.5. The molecule has 0 spiro atoms. The summed E-state index contributed by atoms with van der Waals surface area (Å²) in [5.41, 5.74) is 2.28. The summed E-state index contributed by atoms with van der Waals surface area (Å²) < 4.78 is 5.43. The number of hydrogen-bond acceptors (Lipinski definition) is 6. The number of fused-ring (bicyclic) bond motifs is 1. The number of aliphatic hydroxyl groups is 1. The van der Waals surface area contributed by atoms with E-state index in [9.17, 15) is 5.11 Å². The second-order valence-electron chi connectivity index (χ2n) is 8.36. The average Bonchev–Trinajstić information content (AvgIpc) is 3.33. The summed E-state index contributed by atoms with van der Waals surface area (Å²) in [6, 6.07) is 2.42. The maximum Gasteiger partial charge on any atom is 0.261 e. The van der Waals surface area contributed by atoms with Gasteiger partial charge < -0.3 is 19.9 Å². The number of rotatable bonds is 3. The van der Waals surface area contributed by atoms with Crippen molar-refractivity contribution in [2.75, 3.05) is 5.32 Å². The molecule has 4 fully saturated rings. The van der Waals surface area contributed by atoms with Gasteiger partial charge in [0.15, 0.2) is 5.82 Å². The molecule has 3 aromatic heterocycles. The molecule has 2 unspecified atom stereocenters. The predicted molar refractivity (Wildman–Crippen MR) is 95.4 cm³/mol. The van der Waals surface area contributed by atoms with Crippen LogP contribution in [-0.2, 0) is 0 Å². The molecule has 0 saturated heterocycles. The fraction of sp³-hybridized carbons (Fsp3) is 0.526. The highest BCUT2D eigenvalue weighted by Crippen LogP contribution is 2.60. The van der Waals surface area contributed by atoms with Gasteiger partial charge >= 0.3 is 0 Å². The van der Waals surface area contributed by atoms with Crippen LogP contribution < -0.4 is 5.32 Å². The van der Waals surface area contributed by atoms with Gasteiger partial charge in [-0.3, -0.25) is 0 Å². The van der Waals surface area contributed by atoms with E-state index >= 15 is 0 Å². The zero-order valence-corrected chi connectivity index (χ0v) is 14.6. The molecule has 7 heteroatoms. The van der Waals surface area contributed by atoms with Crippen LogP contribution in [-0.4, -0.2) is 36.9 Å². The summed E-state index contributed by atoms with van der Waals surface area (Å²) >= 11 is 0. The van der Waals surface area contributed by atoms with Crippen molar-refractivity contribution in [3.63, 3.8) is 0 Å². The Labute approximate surface area is 150 Å². The summed E-state index contributed by atoms with van der Waals surface area (Å²) in [4.78, 5) is 12.1. The Morgan fingerprint density at radius 2 is 2.19 bits per heavy atom. The number of nitrogens with zero attached hydrogens (tertiary/aromatic N) is 3. The summed E-state index contributed by atoms with van der Waals surface area (Å²) in [6.45, 7) is 1.82. The van der Waals surface area contributed by atoms with E-state index in [1.54, 1.807) is 6.20 Å². The normalized spacial score (nSPS) is 34.8. The fourth-order valence-electron chi connectivity index (χ4n) is 5.88. The molecular weight excluding hydrogens is 330 g/mol. The van der Waals surface area contributed by atoms with Crippen molar-refractivity contribution >= 4 is 16.7 Å². The van der Waals surface area contributed by atoms with Crippen LogP contribution in [0.4, 0.5) is 5.69 Å². The number of aromatic amines is 1. The zero-order valence-electron chi connectivity index (χ0n) is 14.6. The lowest BCUT2D eigenvalue weighted by molar-refractivity contribution is -0.0139. The van der Waals surface area contributed by atoms with Gasteiger partial charge in [-0.25, -0.2) is 4.98 Å². The number of H-pyrrole nitrogens is 1. The van der Waals surface area contributed by atoms with Crippen LogP contribution in [0, 0.1) is 24.7 Å². The highest BCUT2D eigenvalue weighted by molar-refractivity contribution is 5.97. The second-order valence-corrected chi connectivity index (χ2v) is 8.36. The van der Waals surface area contributed by atoms with Gasteiger partial charge in [-0.2, -0.15) is 4.98 Å². The maximum absolute atomic E-state index is 10.7. The molecule has 3 aromatic rings. The van der Waals surface area contributed by atoms with Gasteiger partial charge in [-0.15, -0.1) is 0 Å². The number of aromatic nitrogens is 4. The van der Waals surface area contributed by atoms with Crippen LogP contribution in [0.1, 0.15) is 31.5 Å². The van der Waals surface area contributed by atoms with Gasteiger partial charge in [0.1, 0.15) is 5.65 Å². The van der Waals surface area contributed by atoms with E-state index in [2.05, 4.69) is 25.4 Å². The molecule has 4 aliphatic rings. The topological polar surface area (TPSA) is 99.9 Å². The van der Waals surface area contributed by atoms with Gasteiger partial charge in [0.05, 0.1) is 16.9 Å². The lowest BCUT2D eigenvalue weighted by Crippen LogP contribution is -2.42. The largest absolute Gasteiger partial charge is 0.390 e. The molecule has 0 aliphatic heterocycles. The van der Waals surface area contributed by atoms with Gasteiger partial charge in [-0.05, 0) is 56.4 Å². The molecule has 4 aliphatic carbocycles. The molecule has 0 aromatic carbocycles. The molecule has 26 heavy (non-hydrogen) atoms. The van der Waals surface area contributed by atoms with Gasteiger partial charge in [0, 0.05) is 23.8 Å². The van der Waals surface area contributed by atoms with E-state index in [0.717, 1.165) is 41.5 Å². The summed E-state index contributed by atoms with van der Waals surface area (Å²) in [7, 11) is 0. The van der Waals surface area contributed by atoms with E-state index in [1.165, 1.54) is 6.42 Å². The summed E-state index contributed by atoms with van der Waals surface area (Å²) in [5.74, 6) is 2.82. The standard InChI is InChI=1S/C19H21N5O2/c1-9-22-18(26-24-9)14-8-21-17-12(2-3-20-17)16(14)23-15-11-4-10-5-19(25,6-11)7-13(10)15/h2-3,8,10-11,13,15,25H,4-7H2,1H3,(H2,20,21,23)/t10?,11-,13?,15+,19-/m1/s1. The molecule has 7 rings (SSSR count). The molecule has 5 atom stereocenters. The van der Waals surface area contributed by atoms with Crippen molar-refractivity contribution in [1.29, 1.82) is 0 Å². The number of nitrogens with one attached hydrogen (secondary N) is 2. The molecular formula is C19H21N5O2. The van der Waals surface area contributed by atoms with Gasteiger partial charge in [0.2, 0.25) is 0 Å². The van der Waals surface area contributed by atoms with E-state index in [0.29, 0.717) is 35.5 Å². The summed E-state index contributed by atoms with van der Waals surface area (Å²) in [5, 5.41) is 19.5. The van der Waals surface area contributed by atoms with Gasteiger partial charge in [0.25, 0.3) is 5.89 Å². The van der Waals surface area contributed by atoms with Crippen LogP contribution in [0.3, 0.4) is 0 Å². The Balaban J connectivity index is 1.45. The monoisotopic (exact) mass is 351 g/mol. The van der Waals surface area contributed by atoms with E-state index in [1.807, 2.05) is 19.2 Å². The Kier molecular flexibility index (Phi) is 2.75.